The van der Waals surface area contributed by atoms with Gasteiger partial charge in [-0.3, -0.25) is 0 Å². The number of carbonyl (C=O) groups is 1. The predicted molar refractivity (Wildman–Crippen MR) is 22.9 cm³/mol. The molecule has 4 heteroatoms. The summed E-state index contributed by atoms with van der Waals surface area (Å²) in [5, 5.41) is 8.22. The highest BCUT2D eigenvalue weighted by Crippen LogP contribution is 1.87. The lowest BCUT2D eigenvalue weighted by Gasteiger charge is -1.68. The smallest absolute Gasteiger partial charge is 0.371 e. The molecule has 0 aliphatic carbocycles. The van der Waals surface area contributed by atoms with Gasteiger partial charge in [-0.05, 0) is 0 Å². The molecule has 7 heavy (non-hydrogen) atoms. The topological polar surface area (TPSA) is 62.0 Å². The molecule has 0 aromatic rings. The number of carbonyl (C=O) groups excluding carboxylic acids is 1. The lowest BCUT2D eigenvalue weighted by Crippen LogP contribution is -1.89. The van der Waals surface area contributed by atoms with Crippen molar-refractivity contribution in [2.24, 2.45) is 9.98 Å². The largest absolute Gasteiger partial charge is 0.492 e. The monoisotopic (exact) mass is 97.0 g/mol. The second-order valence-electron chi connectivity index (χ2n) is 0.942. The normalized spacial score (nSPS) is 17.7. The van der Waals surface area contributed by atoms with Gasteiger partial charge in [0.05, 0.1) is 0 Å². The molecule has 0 saturated heterocycles. The van der Waals surface area contributed by atoms with Gasteiger partial charge >= 0.3 is 6.03 Å². The van der Waals surface area contributed by atoms with E-state index < -0.39 is 11.9 Å². The zero-order chi connectivity index (χ0) is 5.28. The van der Waals surface area contributed by atoms with E-state index in [1.165, 1.54) is 0 Å². The summed E-state index contributed by atoms with van der Waals surface area (Å²) < 4.78 is 0. The Labute approximate surface area is 39.2 Å². The Morgan fingerprint density at radius 3 is 2.57 bits per heavy atom. The van der Waals surface area contributed by atoms with Crippen LogP contribution in [0.5, 0.6) is 0 Å². The first-order chi connectivity index (χ1) is 3.29. The molecule has 0 spiro atoms. The van der Waals surface area contributed by atoms with Crippen LogP contribution >= 0.6 is 0 Å². The van der Waals surface area contributed by atoms with Crippen LogP contribution in [-0.4, -0.2) is 23.2 Å². The maximum absolute atomic E-state index is 9.88. The molecule has 0 aromatic heterocycles. The van der Waals surface area contributed by atoms with Crippen molar-refractivity contribution in [2.75, 3.05) is 0 Å². The molecule has 1 radical (unpaired) electrons. The second kappa shape index (κ2) is 1.14. The summed E-state index contributed by atoms with van der Waals surface area (Å²) in [6, 6.07) is -0.697. The number of hydrogen-bond donors (Lipinski definition) is 1. The molecular weight excluding hydrogens is 96.0 g/mol. The molecule has 4 nitrogen and oxygen atoms in total. The Morgan fingerprint density at radius 1 is 1.71 bits per heavy atom. The molecule has 0 atom stereocenters. The Kier molecular flexibility index (Phi) is 0.651. The Hall–Kier alpha value is -1.19. The highest BCUT2D eigenvalue weighted by molar-refractivity contribution is 6.32. The molecule has 1 N–H and O–H groups in total. The molecule has 1 aliphatic heterocycles. The first-order valence-corrected chi connectivity index (χ1v) is 1.57. The summed E-state index contributed by atoms with van der Waals surface area (Å²) in [5.74, 6) is -0.440. The van der Waals surface area contributed by atoms with Gasteiger partial charge in [0.25, 0.3) is 0 Å². The van der Waals surface area contributed by atoms with Crippen molar-refractivity contribution >= 4 is 18.1 Å². The second-order valence-corrected chi connectivity index (χ2v) is 0.942. The van der Waals surface area contributed by atoms with Crippen LogP contribution in [0.25, 0.3) is 0 Å². The third-order valence-electron chi connectivity index (χ3n) is 0.453. The minimum absolute atomic E-state index is 0.440. The maximum Gasteiger partial charge on any atom is 0.371 e. The van der Waals surface area contributed by atoms with Gasteiger partial charge in [-0.25, -0.2) is 4.79 Å². The number of rotatable bonds is 0. The highest BCUT2D eigenvalue weighted by Gasteiger charge is 2.04. The van der Waals surface area contributed by atoms with Crippen LogP contribution < -0.4 is 0 Å². The highest BCUT2D eigenvalue weighted by atomic mass is 16.3. The fraction of sp³-hybridized carbons (Fsp3) is 0. The van der Waals surface area contributed by atoms with Crippen LogP contribution in [0.2, 0.25) is 0 Å². The lowest BCUT2D eigenvalue weighted by molar-refractivity contribution is 0.257. The molecule has 0 saturated carbocycles. The van der Waals surface area contributed by atoms with E-state index in [2.05, 4.69) is 9.98 Å². The van der Waals surface area contributed by atoms with Gasteiger partial charge in [-0.1, -0.05) is 0 Å². The number of aliphatic hydroxyl groups excluding tert-OH is 1. The molecule has 1 heterocycles. The van der Waals surface area contributed by atoms with E-state index in [1.54, 1.807) is 0 Å². The predicted octanol–water partition coefficient (Wildman–Crippen LogP) is 0.0243. The average Bonchev–Trinajstić information content (AvgIpc) is 1.87. The summed E-state index contributed by atoms with van der Waals surface area (Å²) in [7, 11) is 0. The zero-order valence-electron chi connectivity index (χ0n) is 3.25. The van der Waals surface area contributed by atoms with Gasteiger partial charge in [-0.2, -0.15) is 9.98 Å². The average molecular weight is 97.1 g/mol. The fourth-order valence-electron chi connectivity index (χ4n) is 0.238. The summed E-state index contributed by atoms with van der Waals surface area (Å²) in [5.41, 5.74) is 0. The van der Waals surface area contributed by atoms with E-state index in [4.69, 9.17) is 5.11 Å². The van der Waals surface area contributed by atoms with E-state index in [1.807, 2.05) is 6.21 Å². The van der Waals surface area contributed by atoms with E-state index >= 15 is 0 Å². The van der Waals surface area contributed by atoms with Crippen molar-refractivity contribution in [3.05, 3.63) is 0 Å². The standard InChI is InChI=1S/C3HN2O2/c6-2-1-4-3(7)5-2/h(H,5,6,7). The number of aliphatic imine (C=N–C) groups is 2. The lowest BCUT2D eigenvalue weighted by atomic mass is 10.8. The third-order valence-corrected chi connectivity index (χ3v) is 0.453. The maximum atomic E-state index is 9.88. The van der Waals surface area contributed by atoms with E-state index in [0.29, 0.717) is 0 Å². The zero-order valence-corrected chi connectivity index (χ0v) is 3.25. The van der Waals surface area contributed by atoms with E-state index in [0.717, 1.165) is 0 Å². The van der Waals surface area contributed by atoms with Crippen LogP contribution in [0, 0.1) is 0 Å². The first-order valence-electron chi connectivity index (χ1n) is 1.57. The first kappa shape index (κ1) is 3.98. The van der Waals surface area contributed by atoms with Gasteiger partial charge in [0, 0.05) is 0 Å². The molecule has 0 bridgehead atoms. The van der Waals surface area contributed by atoms with Gasteiger partial charge < -0.3 is 5.11 Å². The van der Waals surface area contributed by atoms with Crippen LogP contribution in [-0.2, 0) is 0 Å². The number of nitrogens with zero attached hydrogens (tertiary/aromatic N) is 2. The SMILES string of the molecule is O=C1N=[C]C(O)=N1. The molecule has 0 aromatic carbocycles. The van der Waals surface area contributed by atoms with Gasteiger partial charge in [0.15, 0.2) is 6.21 Å². The van der Waals surface area contributed by atoms with E-state index in [-0.39, 0.29) is 0 Å². The number of amides is 2. The van der Waals surface area contributed by atoms with Crippen molar-refractivity contribution in [3.63, 3.8) is 0 Å². The van der Waals surface area contributed by atoms with Crippen molar-refractivity contribution in [3.8, 4) is 0 Å². The minimum Gasteiger partial charge on any atom is -0.492 e. The Balaban J connectivity index is 2.88. The van der Waals surface area contributed by atoms with Gasteiger partial charge in [-0.15, -0.1) is 0 Å². The molecular formula is C3HN2O2. The summed E-state index contributed by atoms with van der Waals surface area (Å²) >= 11 is 0. The van der Waals surface area contributed by atoms with Crippen molar-refractivity contribution < 1.29 is 9.90 Å². The van der Waals surface area contributed by atoms with Gasteiger partial charge in [0.1, 0.15) is 0 Å². The Bertz CT molecular complexity index is 158. The van der Waals surface area contributed by atoms with Crippen molar-refractivity contribution in [1.29, 1.82) is 0 Å². The van der Waals surface area contributed by atoms with Crippen molar-refractivity contribution in [1.82, 2.24) is 0 Å². The summed E-state index contributed by atoms with van der Waals surface area (Å²) in [6.45, 7) is 0. The van der Waals surface area contributed by atoms with Crippen LogP contribution in [0.4, 0.5) is 4.79 Å². The van der Waals surface area contributed by atoms with E-state index in [9.17, 15) is 4.79 Å². The fourth-order valence-corrected chi connectivity index (χ4v) is 0.238. The number of aliphatic hydroxyl groups is 1. The molecule has 2 amide bonds. The quantitative estimate of drug-likeness (QED) is 0.463. The summed E-state index contributed by atoms with van der Waals surface area (Å²) in [6.07, 6.45) is 1.95. The van der Waals surface area contributed by atoms with Crippen LogP contribution in [0.1, 0.15) is 0 Å². The van der Waals surface area contributed by atoms with Crippen LogP contribution in [0.15, 0.2) is 9.98 Å². The summed E-state index contributed by atoms with van der Waals surface area (Å²) in [4.78, 5) is 15.8. The number of hydrogen-bond acceptors (Lipinski definition) is 1. The van der Waals surface area contributed by atoms with Gasteiger partial charge in [0.2, 0.25) is 5.90 Å². The molecule has 35 valence electrons. The third kappa shape index (κ3) is 0.623. The minimum atomic E-state index is -0.697. The molecule has 1 aliphatic rings. The van der Waals surface area contributed by atoms with Crippen LogP contribution in [0.3, 0.4) is 0 Å². The molecule has 1 rings (SSSR count). The van der Waals surface area contributed by atoms with Crippen molar-refractivity contribution in [2.45, 2.75) is 0 Å². The Morgan fingerprint density at radius 2 is 2.43 bits per heavy atom. The molecule has 0 unspecified atom stereocenters. The number of urea groups is 1. The molecule has 0 fully saturated rings.